The van der Waals surface area contributed by atoms with E-state index in [1.54, 1.807) is 26.0 Å². The summed E-state index contributed by atoms with van der Waals surface area (Å²) in [6.07, 6.45) is 1.00. The average molecular weight is 477 g/mol. The molecule has 3 aromatic rings. The number of nitrogens with zero attached hydrogens (tertiary/aromatic N) is 3. The Morgan fingerprint density at radius 1 is 1.27 bits per heavy atom. The van der Waals surface area contributed by atoms with Crippen LogP contribution in [0.4, 0.5) is 4.39 Å². The lowest BCUT2D eigenvalue weighted by Gasteiger charge is -2.38. The van der Waals surface area contributed by atoms with Crippen molar-refractivity contribution < 1.29 is 22.3 Å². The van der Waals surface area contributed by atoms with E-state index in [1.165, 1.54) is 21.3 Å². The minimum Gasteiger partial charge on any atom is -0.478 e. The fraction of sp³-hybridized carbons (Fsp3) is 0.409. The average Bonchev–Trinajstić information content (AvgIpc) is 2.98. The van der Waals surface area contributed by atoms with Crippen molar-refractivity contribution >= 4 is 26.8 Å². The van der Waals surface area contributed by atoms with Gasteiger partial charge in [-0.3, -0.25) is 13.9 Å². The van der Waals surface area contributed by atoms with Crippen LogP contribution in [-0.2, 0) is 9.84 Å². The lowest BCUT2D eigenvalue weighted by atomic mass is 10.1. The maximum absolute atomic E-state index is 14.7. The van der Waals surface area contributed by atoms with Crippen molar-refractivity contribution in [2.45, 2.75) is 39.3 Å². The molecule has 0 unspecified atom stereocenters. The number of carbonyl (C=O) groups is 1. The van der Waals surface area contributed by atoms with Crippen molar-refractivity contribution in [1.29, 1.82) is 0 Å². The summed E-state index contributed by atoms with van der Waals surface area (Å²) in [6, 6.07) is 5.75. The van der Waals surface area contributed by atoms with E-state index >= 15 is 0 Å². The minimum atomic E-state index is -3.13. The number of pyridine rings is 1. The highest BCUT2D eigenvalue weighted by molar-refractivity contribution is 7.93. The Morgan fingerprint density at radius 2 is 1.97 bits per heavy atom. The Balaban J connectivity index is 1.82. The molecule has 0 radical (unpaired) electrons. The van der Waals surface area contributed by atoms with E-state index < -0.39 is 32.8 Å². The molecule has 176 valence electrons. The molecule has 0 bridgehead atoms. The standard InChI is InChI=1S/C22H25FN4O5S/c1-5-32-19-9-17(15(23)10-24-19)27-16-7-6-14(8-18(16)26(13(2)3)21(27)29)20(28)25-22(4)11-33(30,31)12-22/h6-10,13H,5,11-12H2,1-4H3,(H,25,28). The van der Waals surface area contributed by atoms with E-state index in [4.69, 9.17) is 4.74 Å². The molecule has 2 aromatic heterocycles. The number of hydrogen-bond acceptors (Lipinski definition) is 6. The number of hydrogen-bond donors (Lipinski definition) is 1. The van der Waals surface area contributed by atoms with Crippen LogP contribution in [0, 0.1) is 5.82 Å². The molecule has 9 nitrogen and oxygen atoms in total. The van der Waals surface area contributed by atoms with E-state index in [9.17, 15) is 22.4 Å². The first-order chi connectivity index (χ1) is 15.4. The van der Waals surface area contributed by atoms with Crippen LogP contribution in [0.25, 0.3) is 16.7 Å². The minimum absolute atomic E-state index is 0.00719. The third-order valence-corrected chi connectivity index (χ3v) is 7.64. The summed E-state index contributed by atoms with van der Waals surface area (Å²) in [4.78, 5) is 30.0. The van der Waals surface area contributed by atoms with Gasteiger partial charge in [-0.25, -0.2) is 22.6 Å². The molecule has 1 aliphatic rings. The summed E-state index contributed by atoms with van der Waals surface area (Å²) in [7, 11) is -3.13. The predicted octanol–water partition coefficient (Wildman–Crippen LogP) is 2.22. The largest absolute Gasteiger partial charge is 0.478 e. The molecule has 0 saturated carbocycles. The molecule has 0 atom stereocenters. The molecular weight excluding hydrogens is 451 g/mol. The molecule has 33 heavy (non-hydrogen) atoms. The molecule has 1 saturated heterocycles. The van der Waals surface area contributed by atoms with Crippen LogP contribution >= 0.6 is 0 Å². The van der Waals surface area contributed by atoms with Crippen LogP contribution in [-0.4, -0.2) is 52.1 Å². The Kier molecular flexibility index (Phi) is 5.55. The molecule has 4 rings (SSSR count). The maximum Gasteiger partial charge on any atom is 0.334 e. The quantitative estimate of drug-likeness (QED) is 0.584. The van der Waals surface area contributed by atoms with Gasteiger partial charge in [-0.05, 0) is 45.9 Å². The second-order valence-electron chi connectivity index (χ2n) is 8.74. The van der Waals surface area contributed by atoms with Gasteiger partial charge in [0, 0.05) is 17.7 Å². The van der Waals surface area contributed by atoms with E-state index in [0.717, 1.165) is 6.20 Å². The molecule has 11 heteroatoms. The zero-order chi connectivity index (χ0) is 24.1. The van der Waals surface area contributed by atoms with Crippen molar-refractivity contribution in [2.75, 3.05) is 18.1 Å². The highest BCUT2D eigenvalue weighted by Crippen LogP contribution is 2.27. The molecule has 1 aliphatic heterocycles. The number of aromatic nitrogens is 3. The van der Waals surface area contributed by atoms with E-state index in [2.05, 4.69) is 10.3 Å². The zero-order valence-electron chi connectivity index (χ0n) is 18.8. The molecule has 0 aliphatic carbocycles. The lowest BCUT2D eigenvalue weighted by molar-refractivity contribution is 0.0917. The molecule has 3 heterocycles. The highest BCUT2D eigenvalue weighted by Gasteiger charge is 2.45. The predicted molar refractivity (Wildman–Crippen MR) is 121 cm³/mol. The van der Waals surface area contributed by atoms with Crippen LogP contribution in [0.5, 0.6) is 5.88 Å². The zero-order valence-corrected chi connectivity index (χ0v) is 19.6. The van der Waals surface area contributed by atoms with Gasteiger partial charge >= 0.3 is 5.69 Å². The number of rotatable bonds is 6. The summed E-state index contributed by atoms with van der Waals surface area (Å²) in [5.41, 5.74) is -0.178. The van der Waals surface area contributed by atoms with Gasteiger partial charge in [-0.2, -0.15) is 0 Å². The number of nitrogens with one attached hydrogen (secondary N) is 1. The van der Waals surface area contributed by atoms with E-state index in [1.807, 2.05) is 13.8 Å². The normalized spacial score (nSPS) is 16.5. The van der Waals surface area contributed by atoms with E-state index in [0.29, 0.717) is 17.6 Å². The second-order valence-corrected chi connectivity index (χ2v) is 10.8. The van der Waals surface area contributed by atoms with Gasteiger partial charge in [-0.15, -0.1) is 0 Å². The van der Waals surface area contributed by atoms with Crippen LogP contribution in [0.3, 0.4) is 0 Å². The van der Waals surface area contributed by atoms with Crippen LogP contribution in [0.1, 0.15) is 44.1 Å². The molecule has 1 fully saturated rings. The number of imidazole rings is 1. The Hall–Kier alpha value is -3.21. The highest BCUT2D eigenvalue weighted by atomic mass is 32.2. The Bertz CT molecular complexity index is 1410. The number of ether oxygens (including phenoxy) is 1. The second kappa shape index (κ2) is 7.98. The van der Waals surface area contributed by atoms with Gasteiger partial charge in [0.05, 0.1) is 46.6 Å². The molecule has 0 spiro atoms. The maximum atomic E-state index is 14.7. The Morgan fingerprint density at radius 3 is 2.58 bits per heavy atom. The van der Waals surface area contributed by atoms with Gasteiger partial charge in [-0.1, -0.05) is 0 Å². The molecule has 1 aromatic carbocycles. The first kappa shape index (κ1) is 23.0. The number of carbonyl (C=O) groups excluding carboxylic acids is 1. The first-order valence-electron chi connectivity index (χ1n) is 10.5. The Labute approximate surface area is 190 Å². The molecular formula is C22H25FN4O5S. The number of sulfone groups is 1. The van der Waals surface area contributed by atoms with Crippen molar-refractivity contribution in [3.63, 3.8) is 0 Å². The topological polar surface area (TPSA) is 112 Å². The number of fused-ring (bicyclic) bond motifs is 1. The first-order valence-corrected chi connectivity index (χ1v) is 12.4. The van der Waals surface area contributed by atoms with Crippen molar-refractivity contribution in [2.24, 2.45) is 0 Å². The smallest absolute Gasteiger partial charge is 0.334 e. The van der Waals surface area contributed by atoms with Gasteiger partial charge in [0.15, 0.2) is 15.7 Å². The van der Waals surface area contributed by atoms with Crippen molar-refractivity contribution in [3.05, 3.63) is 52.3 Å². The monoisotopic (exact) mass is 476 g/mol. The SMILES string of the molecule is CCOc1cc(-n2c(=O)n(C(C)C)c3cc(C(=O)NC4(C)CS(=O)(=O)C4)ccc32)c(F)cn1. The third kappa shape index (κ3) is 4.12. The summed E-state index contributed by atoms with van der Waals surface area (Å²) in [5, 5.41) is 2.76. The summed E-state index contributed by atoms with van der Waals surface area (Å²) >= 11 is 0. The summed E-state index contributed by atoms with van der Waals surface area (Å²) < 4.78 is 45.9. The van der Waals surface area contributed by atoms with Gasteiger partial charge in [0.1, 0.15) is 0 Å². The lowest BCUT2D eigenvalue weighted by Crippen LogP contribution is -2.63. The van der Waals surface area contributed by atoms with Gasteiger partial charge < -0.3 is 10.1 Å². The number of benzene rings is 1. The van der Waals surface area contributed by atoms with Crippen LogP contribution < -0.4 is 15.7 Å². The van der Waals surface area contributed by atoms with Crippen molar-refractivity contribution in [3.8, 4) is 11.6 Å². The van der Waals surface area contributed by atoms with Gasteiger partial charge in [0.2, 0.25) is 5.88 Å². The molecule has 1 amide bonds. The summed E-state index contributed by atoms with van der Waals surface area (Å²) in [6.45, 7) is 7.40. The fourth-order valence-corrected chi connectivity index (χ4v) is 6.25. The third-order valence-electron chi connectivity index (χ3n) is 5.49. The van der Waals surface area contributed by atoms with Crippen LogP contribution in [0.2, 0.25) is 0 Å². The van der Waals surface area contributed by atoms with E-state index in [-0.39, 0.29) is 34.7 Å². The number of amides is 1. The fourth-order valence-electron chi connectivity index (χ4n) is 4.25. The summed E-state index contributed by atoms with van der Waals surface area (Å²) in [5.74, 6) is -1.19. The number of halogens is 1. The van der Waals surface area contributed by atoms with Crippen LogP contribution in [0.15, 0.2) is 35.3 Å². The van der Waals surface area contributed by atoms with Crippen molar-refractivity contribution in [1.82, 2.24) is 19.4 Å². The molecule has 1 N–H and O–H groups in total. The van der Waals surface area contributed by atoms with Gasteiger partial charge in [0.25, 0.3) is 5.91 Å².